The zero-order valence-electron chi connectivity index (χ0n) is 29.1. The zero-order chi connectivity index (χ0) is 34.8. The van der Waals surface area contributed by atoms with Crippen molar-refractivity contribution in [1.82, 2.24) is 15.2 Å². The van der Waals surface area contributed by atoms with Crippen LogP contribution in [0.5, 0.6) is 17.2 Å². The summed E-state index contributed by atoms with van der Waals surface area (Å²) in [5, 5.41) is 12.4. The second-order valence-corrected chi connectivity index (χ2v) is 12.8. The second kappa shape index (κ2) is 17.0. The van der Waals surface area contributed by atoms with Gasteiger partial charge in [-0.1, -0.05) is 30.3 Å². The first-order valence-electron chi connectivity index (χ1n) is 17.0. The molecule has 9 nitrogen and oxygen atoms in total. The van der Waals surface area contributed by atoms with Gasteiger partial charge in [0.15, 0.2) is 0 Å². The maximum absolute atomic E-state index is 11.5. The number of pyridine rings is 1. The predicted octanol–water partition coefficient (Wildman–Crippen LogP) is 6.39. The Morgan fingerprint density at radius 1 is 0.918 bits per heavy atom. The molecule has 5 rings (SSSR count). The van der Waals surface area contributed by atoms with Gasteiger partial charge in [-0.25, -0.2) is 0 Å². The number of aryl methyl sites for hydroxylation is 1. The van der Waals surface area contributed by atoms with E-state index in [1.165, 1.54) is 0 Å². The number of benzene rings is 3. The van der Waals surface area contributed by atoms with Crippen LogP contribution in [0.2, 0.25) is 0 Å². The lowest BCUT2D eigenvalue weighted by atomic mass is 9.93. The summed E-state index contributed by atoms with van der Waals surface area (Å²) in [4.78, 5) is 18.0. The minimum atomic E-state index is -0.174. The lowest BCUT2D eigenvalue weighted by Gasteiger charge is -2.30. The van der Waals surface area contributed by atoms with Gasteiger partial charge in [-0.2, -0.15) is 5.26 Å². The van der Waals surface area contributed by atoms with E-state index in [9.17, 15) is 10.1 Å². The number of nitrogens with two attached hydrogens (primary N) is 1. The Kier molecular flexibility index (Phi) is 12.3. The van der Waals surface area contributed by atoms with E-state index in [1.807, 2.05) is 26.1 Å². The monoisotopic (exact) mass is 661 g/mol. The fourth-order valence-corrected chi connectivity index (χ4v) is 6.40. The number of ether oxygens (including phenoxy) is 3. The van der Waals surface area contributed by atoms with Crippen molar-refractivity contribution in [3.05, 3.63) is 106 Å². The summed E-state index contributed by atoms with van der Waals surface area (Å²) in [5.74, 6) is 2.22. The molecule has 3 N–H and O–H groups in total. The number of carbonyl (C=O) groups excluding carboxylic acids is 1. The van der Waals surface area contributed by atoms with Crippen LogP contribution in [0.1, 0.15) is 58.2 Å². The number of carbonyl (C=O) groups is 1. The average Bonchev–Trinajstić information content (AvgIpc) is 3.11. The molecule has 1 saturated heterocycles. The number of nitrogens with zero attached hydrogens (tertiary/aromatic N) is 3. The number of amides is 1. The third kappa shape index (κ3) is 9.17. The van der Waals surface area contributed by atoms with Crippen LogP contribution in [0.15, 0.2) is 67.0 Å². The van der Waals surface area contributed by atoms with Crippen LogP contribution in [0.25, 0.3) is 11.1 Å². The van der Waals surface area contributed by atoms with Crippen LogP contribution in [0, 0.1) is 38.0 Å². The molecule has 3 aromatic carbocycles. The van der Waals surface area contributed by atoms with Crippen LogP contribution in [0.4, 0.5) is 0 Å². The molecule has 49 heavy (non-hydrogen) atoms. The Hall–Kier alpha value is -4.91. The fraction of sp³-hybridized carbons (Fsp3) is 0.375. The quantitative estimate of drug-likeness (QED) is 0.141. The summed E-state index contributed by atoms with van der Waals surface area (Å²) in [7, 11) is 1.91. The number of hydrogen-bond donors (Lipinski definition) is 2. The van der Waals surface area contributed by atoms with Crippen molar-refractivity contribution in [1.29, 1.82) is 5.26 Å². The second-order valence-electron chi connectivity index (χ2n) is 12.8. The SMILES string of the molecule is CNCc1cc(C)c(OCc2cccc(-c3cccc(OCCCN4CCC(C(N)=O)CC4)c3C)c2C)cc1OCc1cncc(C#N)c1. The summed E-state index contributed by atoms with van der Waals surface area (Å²) in [6.07, 6.45) is 5.86. The Labute approximate surface area is 290 Å². The molecule has 1 fully saturated rings. The van der Waals surface area contributed by atoms with E-state index in [0.29, 0.717) is 31.9 Å². The van der Waals surface area contributed by atoms with Gasteiger partial charge in [0, 0.05) is 48.6 Å². The van der Waals surface area contributed by atoms with Crippen LogP contribution < -0.4 is 25.3 Å². The first kappa shape index (κ1) is 35.4. The highest BCUT2D eigenvalue weighted by Crippen LogP contribution is 2.35. The molecule has 256 valence electrons. The molecule has 1 aliphatic rings. The molecule has 1 amide bonds. The van der Waals surface area contributed by atoms with Crippen LogP contribution in [0.3, 0.4) is 0 Å². The number of aromatic nitrogens is 1. The molecular formula is C40H47N5O4. The summed E-state index contributed by atoms with van der Waals surface area (Å²) in [6.45, 7) is 11.1. The minimum Gasteiger partial charge on any atom is -0.493 e. The van der Waals surface area contributed by atoms with E-state index in [2.05, 4.69) is 71.5 Å². The Balaban J connectivity index is 1.23. The van der Waals surface area contributed by atoms with Gasteiger partial charge in [0.25, 0.3) is 0 Å². The lowest BCUT2D eigenvalue weighted by Crippen LogP contribution is -2.39. The fourth-order valence-electron chi connectivity index (χ4n) is 6.40. The number of nitriles is 1. The molecular weight excluding hydrogens is 614 g/mol. The Morgan fingerprint density at radius 3 is 2.39 bits per heavy atom. The van der Waals surface area contributed by atoms with E-state index < -0.39 is 0 Å². The number of likely N-dealkylation sites (tertiary alicyclic amines) is 1. The number of primary amides is 1. The van der Waals surface area contributed by atoms with Crippen molar-refractivity contribution in [2.45, 2.75) is 59.8 Å². The molecule has 0 unspecified atom stereocenters. The molecule has 0 spiro atoms. The largest absolute Gasteiger partial charge is 0.493 e. The highest BCUT2D eigenvalue weighted by atomic mass is 16.5. The van der Waals surface area contributed by atoms with Crippen LogP contribution >= 0.6 is 0 Å². The van der Waals surface area contributed by atoms with Crippen molar-refractivity contribution in [2.75, 3.05) is 33.3 Å². The van der Waals surface area contributed by atoms with Gasteiger partial charge in [-0.15, -0.1) is 0 Å². The number of rotatable bonds is 15. The first-order valence-corrected chi connectivity index (χ1v) is 17.0. The topological polar surface area (TPSA) is 123 Å². The summed E-state index contributed by atoms with van der Waals surface area (Å²) >= 11 is 0. The molecule has 0 radical (unpaired) electrons. The molecule has 0 saturated carbocycles. The normalized spacial score (nSPS) is 13.5. The number of piperidine rings is 1. The Morgan fingerprint density at radius 2 is 1.65 bits per heavy atom. The smallest absolute Gasteiger partial charge is 0.220 e. The van der Waals surface area contributed by atoms with Gasteiger partial charge in [-0.3, -0.25) is 9.78 Å². The van der Waals surface area contributed by atoms with Gasteiger partial charge in [-0.05, 0) is 112 Å². The first-order chi connectivity index (χ1) is 23.8. The minimum absolute atomic E-state index is 0.0160. The summed E-state index contributed by atoms with van der Waals surface area (Å²) < 4.78 is 18.9. The van der Waals surface area contributed by atoms with Gasteiger partial charge < -0.3 is 30.2 Å². The summed E-state index contributed by atoms with van der Waals surface area (Å²) in [6, 6.07) is 20.5. The molecule has 0 aliphatic carbocycles. The lowest BCUT2D eigenvalue weighted by molar-refractivity contribution is -0.123. The van der Waals surface area contributed by atoms with E-state index in [1.54, 1.807) is 18.5 Å². The van der Waals surface area contributed by atoms with Crippen molar-refractivity contribution in [2.24, 2.45) is 11.7 Å². The molecule has 9 heteroatoms. The third-order valence-corrected chi connectivity index (χ3v) is 9.31. The number of hydrogen-bond acceptors (Lipinski definition) is 8. The highest BCUT2D eigenvalue weighted by molar-refractivity contribution is 5.76. The van der Waals surface area contributed by atoms with E-state index >= 15 is 0 Å². The van der Waals surface area contributed by atoms with E-state index in [0.717, 1.165) is 101 Å². The van der Waals surface area contributed by atoms with Crippen molar-refractivity contribution >= 4 is 5.91 Å². The van der Waals surface area contributed by atoms with Gasteiger partial charge in [0.05, 0.1) is 12.2 Å². The highest BCUT2D eigenvalue weighted by Gasteiger charge is 2.22. The standard InChI is InChI=1S/C40H47N5O4/c1-27-18-34(24-43-4)39(48-25-31-19-30(21-41)22-44-23-31)20-38(27)49-26-33-8-5-9-35(28(33)2)36-10-6-11-37(29(36)3)47-17-7-14-45-15-12-32(13-16-45)40(42)46/h5-6,8-11,18-20,22-23,32,43H,7,12-17,24-26H2,1-4H3,(H2,42,46). The molecule has 1 aliphatic heterocycles. The van der Waals surface area contributed by atoms with Crippen molar-refractivity contribution in [3.63, 3.8) is 0 Å². The molecule has 0 atom stereocenters. The van der Waals surface area contributed by atoms with Gasteiger partial charge >= 0.3 is 0 Å². The van der Waals surface area contributed by atoms with Crippen LogP contribution in [-0.2, 0) is 24.6 Å². The third-order valence-electron chi connectivity index (χ3n) is 9.31. The summed E-state index contributed by atoms with van der Waals surface area (Å²) in [5.41, 5.74) is 14.5. The maximum atomic E-state index is 11.5. The number of nitrogens with one attached hydrogen (secondary N) is 1. The van der Waals surface area contributed by atoms with Crippen molar-refractivity contribution < 1.29 is 19.0 Å². The van der Waals surface area contributed by atoms with Crippen LogP contribution in [-0.4, -0.2) is 49.1 Å². The Bertz CT molecular complexity index is 1790. The van der Waals surface area contributed by atoms with Crippen molar-refractivity contribution in [3.8, 4) is 34.4 Å². The van der Waals surface area contributed by atoms with E-state index in [4.69, 9.17) is 19.9 Å². The maximum Gasteiger partial charge on any atom is 0.220 e. The molecule has 4 aromatic rings. The molecule has 1 aromatic heterocycles. The van der Waals surface area contributed by atoms with Gasteiger partial charge in [0.2, 0.25) is 5.91 Å². The van der Waals surface area contributed by atoms with Gasteiger partial charge in [0.1, 0.15) is 36.5 Å². The predicted molar refractivity (Wildman–Crippen MR) is 191 cm³/mol. The molecule has 0 bridgehead atoms. The molecule has 2 heterocycles. The average molecular weight is 662 g/mol. The van der Waals surface area contributed by atoms with E-state index in [-0.39, 0.29) is 11.8 Å². The zero-order valence-corrected chi connectivity index (χ0v) is 29.1.